The molecule has 0 fully saturated rings. The Labute approximate surface area is 203 Å². The highest BCUT2D eigenvalue weighted by Crippen LogP contribution is 2.28. The monoisotopic (exact) mass is 471 g/mol. The molecule has 0 N–H and O–H groups in total. The highest BCUT2D eigenvalue weighted by molar-refractivity contribution is 5.80. The second-order valence-electron chi connectivity index (χ2n) is 7.90. The van der Waals surface area contributed by atoms with E-state index in [0.29, 0.717) is 26.3 Å². The number of carbonyl (C=O) groups is 2. The molecule has 0 saturated heterocycles. The van der Waals surface area contributed by atoms with E-state index in [4.69, 9.17) is 14.2 Å². The van der Waals surface area contributed by atoms with Gasteiger partial charge >= 0.3 is 11.9 Å². The molecule has 2 aromatic rings. The van der Waals surface area contributed by atoms with Crippen LogP contribution in [0.15, 0.2) is 48.5 Å². The third-order valence-corrected chi connectivity index (χ3v) is 5.67. The van der Waals surface area contributed by atoms with E-state index in [1.807, 2.05) is 72.3 Å². The van der Waals surface area contributed by atoms with Gasteiger partial charge in [0.25, 0.3) is 0 Å². The zero-order chi connectivity index (χ0) is 24.9. The molecule has 0 radical (unpaired) electrons. The Bertz CT molecular complexity index is 921. The number of ether oxygens (including phenoxy) is 3. The Balaban J connectivity index is 2.02. The van der Waals surface area contributed by atoms with Crippen LogP contribution in [0.4, 0.5) is 17.1 Å². The fraction of sp³-hybridized carbons (Fsp3) is 0.462. The highest BCUT2D eigenvalue weighted by atomic mass is 16.5. The SMILES string of the molecule is CCN(C)c1ccccc1N(CCOCCN(CC(=O)OC)c1ccccc1C)CC(=O)OC. The van der Waals surface area contributed by atoms with Crippen LogP contribution in [0.3, 0.4) is 0 Å². The normalized spacial score (nSPS) is 10.5. The maximum absolute atomic E-state index is 12.1. The van der Waals surface area contributed by atoms with Gasteiger partial charge in [-0.2, -0.15) is 0 Å². The summed E-state index contributed by atoms with van der Waals surface area (Å²) in [6.45, 7) is 7.11. The molecule has 0 spiro atoms. The van der Waals surface area contributed by atoms with Crippen LogP contribution in [0.25, 0.3) is 0 Å². The van der Waals surface area contributed by atoms with Gasteiger partial charge in [0.1, 0.15) is 13.1 Å². The van der Waals surface area contributed by atoms with Crippen LogP contribution in [0.5, 0.6) is 0 Å². The van der Waals surface area contributed by atoms with Gasteiger partial charge in [0, 0.05) is 32.4 Å². The first-order chi connectivity index (χ1) is 16.4. The van der Waals surface area contributed by atoms with E-state index < -0.39 is 0 Å². The van der Waals surface area contributed by atoms with Gasteiger partial charge in [-0.15, -0.1) is 0 Å². The van der Waals surface area contributed by atoms with Gasteiger partial charge in [-0.1, -0.05) is 30.3 Å². The van der Waals surface area contributed by atoms with E-state index in [9.17, 15) is 9.59 Å². The average Bonchev–Trinajstić information content (AvgIpc) is 2.86. The number of para-hydroxylation sites is 3. The molecular formula is C26H37N3O5. The van der Waals surface area contributed by atoms with Gasteiger partial charge in [-0.3, -0.25) is 9.59 Å². The smallest absolute Gasteiger partial charge is 0.325 e. The topological polar surface area (TPSA) is 71.5 Å². The van der Waals surface area contributed by atoms with E-state index in [0.717, 1.165) is 29.2 Å². The van der Waals surface area contributed by atoms with Crippen molar-refractivity contribution >= 4 is 29.0 Å². The molecule has 0 atom stereocenters. The number of benzene rings is 2. The van der Waals surface area contributed by atoms with E-state index in [2.05, 4.69) is 11.8 Å². The molecule has 0 aliphatic carbocycles. The number of carbonyl (C=O) groups excluding carboxylic acids is 2. The van der Waals surface area contributed by atoms with Crippen molar-refractivity contribution in [3.05, 3.63) is 54.1 Å². The van der Waals surface area contributed by atoms with Gasteiger partial charge in [0.2, 0.25) is 0 Å². The van der Waals surface area contributed by atoms with Gasteiger partial charge in [0.15, 0.2) is 0 Å². The van der Waals surface area contributed by atoms with E-state index in [1.54, 1.807) is 0 Å². The van der Waals surface area contributed by atoms with E-state index in [-0.39, 0.29) is 25.0 Å². The Morgan fingerprint density at radius 1 is 0.765 bits per heavy atom. The Morgan fingerprint density at radius 3 is 1.74 bits per heavy atom. The summed E-state index contributed by atoms with van der Waals surface area (Å²) < 4.78 is 15.7. The number of aryl methyl sites for hydroxylation is 1. The van der Waals surface area contributed by atoms with Crippen molar-refractivity contribution in [3.8, 4) is 0 Å². The van der Waals surface area contributed by atoms with Crippen LogP contribution >= 0.6 is 0 Å². The van der Waals surface area contributed by atoms with Crippen molar-refractivity contribution in [2.45, 2.75) is 13.8 Å². The predicted octanol–water partition coefficient (Wildman–Crippen LogP) is 3.13. The van der Waals surface area contributed by atoms with Crippen molar-refractivity contribution in [1.29, 1.82) is 0 Å². The zero-order valence-corrected chi connectivity index (χ0v) is 21.0. The predicted molar refractivity (Wildman–Crippen MR) is 136 cm³/mol. The molecule has 0 amide bonds. The lowest BCUT2D eigenvalue weighted by Gasteiger charge is -2.29. The minimum absolute atomic E-state index is 0.131. The molecule has 0 aliphatic rings. The van der Waals surface area contributed by atoms with Crippen molar-refractivity contribution < 1.29 is 23.8 Å². The molecule has 0 bridgehead atoms. The quantitative estimate of drug-likeness (QED) is 0.307. The zero-order valence-electron chi connectivity index (χ0n) is 21.0. The molecule has 0 saturated carbocycles. The van der Waals surface area contributed by atoms with Gasteiger partial charge in [0.05, 0.1) is 38.8 Å². The van der Waals surface area contributed by atoms with Crippen LogP contribution in [-0.2, 0) is 23.8 Å². The Morgan fingerprint density at radius 2 is 1.24 bits per heavy atom. The molecule has 34 heavy (non-hydrogen) atoms. The van der Waals surface area contributed by atoms with Crippen molar-refractivity contribution in [2.24, 2.45) is 0 Å². The number of nitrogens with zero attached hydrogens (tertiary/aromatic N) is 3. The summed E-state index contributed by atoms with van der Waals surface area (Å²) in [5.74, 6) is -0.609. The molecule has 2 aromatic carbocycles. The summed E-state index contributed by atoms with van der Waals surface area (Å²) >= 11 is 0. The lowest BCUT2D eigenvalue weighted by atomic mass is 10.2. The van der Waals surface area contributed by atoms with Gasteiger partial charge in [-0.25, -0.2) is 0 Å². The molecule has 2 rings (SSSR count). The fourth-order valence-electron chi connectivity index (χ4n) is 3.60. The molecule has 186 valence electrons. The fourth-order valence-corrected chi connectivity index (χ4v) is 3.60. The van der Waals surface area contributed by atoms with Crippen LogP contribution in [0.2, 0.25) is 0 Å². The van der Waals surface area contributed by atoms with Crippen molar-refractivity contribution in [3.63, 3.8) is 0 Å². The third-order valence-electron chi connectivity index (χ3n) is 5.67. The van der Waals surface area contributed by atoms with E-state index >= 15 is 0 Å². The number of esters is 2. The molecule has 0 aromatic heterocycles. The Hall–Kier alpha value is -3.26. The standard InChI is InChI=1S/C26H37N3O5/c1-6-27(3)23-13-9-10-14-24(23)29(20-26(31)33-5)16-18-34-17-15-28(19-25(30)32-4)22-12-8-7-11-21(22)2/h7-14H,6,15-20H2,1-5H3. The summed E-state index contributed by atoms with van der Waals surface area (Å²) in [5.41, 5.74) is 4.04. The minimum Gasteiger partial charge on any atom is -0.468 e. The second-order valence-corrected chi connectivity index (χ2v) is 7.90. The summed E-state index contributed by atoms with van der Waals surface area (Å²) in [6, 6.07) is 15.9. The molecule has 0 aliphatic heterocycles. The van der Waals surface area contributed by atoms with Crippen LogP contribution < -0.4 is 14.7 Å². The number of hydrogen-bond donors (Lipinski definition) is 0. The van der Waals surface area contributed by atoms with Crippen LogP contribution in [-0.4, -0.2) is 79.1 Å². The summed E-state index contributed by atoms with van der Waals surface area (Å²) in [6.07, 6.45) is 0. The Kier molecular flexibility index (Phi) is 11.2. The first kappa shape index (κ1) is 27.0. The summed E-state index contributed by atoms with van der Waals surface area (Å²) in [4.78, 5) is 30.1. The molecular weight excluding hydrogens is 434 g/mol. The maximum atomic E-state index is 12.1. The molecule has 8 heteroatoms. The van der Waals surface area contributed by atoms with Gasteiger partial charge in [-0.05, 0) is 37.6 Å². The lowest BCUT2D eigenvalue weighted by Crippen LogP contribution is -2.36. The number of methoxy groups -OCH3 is 2. The van der Waals surface area contributed by atoms with Gasteiger partial charge < -0.3 is 28.9 Å². The van der Waals surface area contributed by atoms with Crippen molar-refractivity contribution in [1.82, 2.24) is 0 Å². The number of anilines is 3. The first-order valence-electron chi connectivity index (χ1n) is 11.5. The van der Waals surface area contributed by atoms with Crippen LogP contribution in [0.1, 0.15) is 12.5 Å². The lowest BCUT2D eigenvalue weighted by molar-refractivity contribution is -0.139. The third kappa shape index (κ3) is 7.95. The largest absolute Gasteiger partial charge is 0.468 e. The summed E-state index contributed by atoms with van der Waals surface area (Å²) in [7, 11) is 4.80. The number of hydrogen-bond acceptors (Lipinski definition) is 8. The van der Waals surface area contributed by atoms with Crippen LogP contribution in [0, 0.1) is 6.92 Å². The molecule has 8 nitrogen and oxygen atoms in total. The van der Waals surface area contributed by atoms with Crippen molar-refractivity contribution in [2.75, 3.05) is 81.9 Å². The molecule has 0 unspecified atom stereocenters. The summed E-state index contributed by atoms with van der Waals surface area (Å²) in [5, 5.41) is 0. The maximum Gasteiger partial charge on any atom is 0.325 e. The average molecular weight is 472 g/mol. The number of rotatable bonds is 14. The minimum atomic E-state index is -0.308. The second kappa shape index (κ2) is 14.1. The molecule has 0 heterocycles. The first-order valence-corrected chi connectivity index (χ1v) is 11.5. The highest BCUT2D eigenvalue weighted by Gasteiger charge is 2.17. The van der Waals surface area contributed by atoms with E-state index in [1.165, 1.54) is 14.2 Å².